The Kier molecular flexibility index (Phi) is 3.71. The fraction of sp³-hybridized carbons (Fsp3) is 0.308. The topological polar surface area (TPSA) is 86.2 Å². The molecule has 7 heteroatoms. The average molecular weight is 275 g/mol. The molecule has 106 valence electrons. The van der Waals surface area contributed by atoms with Gasteiger partial charge in [-0.25, -0.2) is 9.48 Å². The monoisotopic (exact) mass is 275 g/mol. The molecule has 0 radical (unpaired) electrons. The molecule has 0 unspecified atom stereocenters. The Bertz CT molecular complexity index is 730. The molecule has 7 nitrogen and oxygen atoms in total. The first-order valence-corrected chi connectivity index (χ1v) is 6.12. The fourth-order valence-corrected chi connectivity index (χ4v) is 1.87. The Morgan fingerprint density at radius 3 is 2.35 bits per heavy atom. The van der Waals surface area contributed by atoms with Gasteiger partial charge in [0.15, 0.2) is 0 Å². The third-order valence-electron chi connectivity index (χ3n) is 3.18. The highest BCUT2D eigenvalue weighted by Crippen LogP contribution is 2.18. The Labute approximate surface area is 115 Å². The van der Waals surface area contributed by atoms with Crippen LogP contribution in [0.4, 0.5) is 11.5 Å². The van der Waals surface area contributed by atoms with Crippen LogP contribution in [0.3, 0.4) is 0 Å². The second-order valence-electron chi connectivity index (χ2n) is 4.52. The molecule has 1 aromatic carbocycles. The summed E-state index contributed by atoms with van der Waals surface area (Å²) < 4.78 is 2.18. The summed E-state index contributed by atoms with van der Waals surface area (Å²) in [5.41, 5.74) is 6.47. The van der Waals surface area contributed by atoms with Gasteiger partial charge in [-0.3, -0.25) is 9.36 Å². The van der Waals surface area contributed by atoms with Crippen molar-refractivity contribution >= 4 is 11.5 Å². The molecule has 0 aliphatic carbocycles. The smallest absolute Gasteiger partial charge is 0.326 e. The van der Waals surface area contributed by atoms with Crippen LogP contribution < -0.4 is 21.9 Å². The first-order valence-electron chi connectivity index (χ1n) is 6.12. The van der Waals surface area contributed by atoms with Gasteiger partial charge in [0.1, 0.15) is 0 Å². The molecule has 0 atom stereocenters. The van der Waals surface area contributed by atoms with Crippen LogP contribution >= 0.6 is 0 Å². The largest absolute Gasteiger partial charge is 0.346 e. The lowest BCUT2D eigenvalue weighted by Crippen LogP contribution is -2.41. The molecule has 0 spiro atoms. The SMILES string of the molecule is CN(c1ccc(CN)cc1)c1nn(C)c(=O)n(C)c1=O. The second-order valence-corrected chi connectivity index (χ2v) is 4.52. The number of anilines is 2. The molecule has 20 heavy (non-hydrogen) atoms. The third-order valence-corrected chi connectivity index (χ3v) is 3.18. The second kappa shape index (κ2) is 5.30. The molecule has 0 aliphatic heterocycles. The molecule has 0 bridgehead atoms. The van der Waals surface area contributed by atoms with Crippen molar-refractivity contribution in [1.29, 1.82) is 0 Å². The summed E-state index contributed by atoms with van der Waals surface area (Å²) in [5, 5.41) is 4.02. The van der Waals surface area contributed by atoms with Crippen molar-refractivity contribution < 1.29 is 0 Å². The van der Waals surface area contributed by atoms with Gasteiger partial charge in [-0.1, -0.05) is 12.1 Å². The van der Waals surface area contributed by atoms with Gasteiger partial charge < -0.3 is 10.6 Å². The Morgan fingerprint density at radius 2 is 1.80 bits per heavy atom. The van der Waals surface area contributed by atoms with Crippen molar-refractivity contribution in [3.05, 3.63) is 50.7 Å². The maximum absolute atomic E-state index is 12.1. The predicted molar refractivity (Wildman–Crippen MR) is 77.1 cm³/mol. The molecule has 2 aromatic rings. The molecule has 0 fully saturated rings. The van der Waals surface area contributed by atoms with E-state index < -0.39 is 11.2 Å². The number of aryl methyl sites for hydroxylation is 1. The van der Waals surface area contributed by atoms with Crippen LogP contribution in [0, 0.1) is 0 Å². The van der Waals surface area contributed by atoms with Crippen LogP contribution in [-0.2, 0) is 20.6 Å². The molecule has 1 heterocycles. The van der Waals surface area contributed by atoms with E-state index in [9.17, 15) is 9.59 Å². The van der Waals surface area contributed by atoms with Gasteiger partial charge in [-0.15, -0.1) is 5.10 Å². The van der Waals surface area contributed by atoms with Gasteiger partial charge in [0.2, 0.25) is 5.82 Å². The average Bonchev–Trinajstić information content (AvgIpc) is 2.48. The van der Waals surface area contributed by atoms with Gasteiger partial charge >= 0.3 is 5.69 Å². The van der Waals surface area contributed by atoms with Crippen molar-refractivity contribution in [2.45, 2.75) is 6.54 Å². The van der Waals surface area contributed by atoms with E-state index in [1.54, 1.807) is 11.9 Å². The number of hydrogen-bond donors (Lipinski definition) is 1. The Hall–Kier alpha value is -2.41. The highest BCUT2D eigenvalue weighted by molar-refractivity contribution is 5.58. The lowest BCUT2D eigenvalue weighted by atomic mass is 10.2. The minimum Gasteiger partial charge on any atom is -0.326 e. The van der Waals surface area contributed by atoms with Gasteiger partial charge in [0.25, 0.3) is 5.56 Å². The number of nitrogens with zero attached hydrogens (tertiary/aromatic N) is 4. The molecule has 1 aromatic heterocycles. The highest BCUT2D eigenvalue weighted by atomic mass is 16.2. The van der Waals surface area contributed by atoms with Crippen LogP contribution in [0.5, 0.6) is 0 Å². The van der Waals surface area contributed by atoms with Crippen LogP contribution in [0.1, 0.15) is 5.56 Å². The third kappa shape index (κ3) is 2.35. The van der Waals surface area contributed by atoms with Crippen molar-refractivity contribution in [2.75, 3.05) is 11.9 Å². The lowest BCUT2D eigenvalue weighted by molar-refractivity contribution is 0.600. The van der Waals surface area contributed by atoms with E-state index in [1.165, 1.54) is 14.1 Å². The van der Waals surface area contributed by atoms with Crippen LogP contribution in [-0.4, -0.2) is 21.4 Å². The van der Waals surface area contributed by atoms with E-state index in [-0.39, 0.29) is 5.82 Å². The molecular weight excluding hydrogens is 258 g/mol. The Morgan fingerprint density at radius 1 is 1.20 bits per heavy atom. The van der Waals surface area contributed by atoms with Crippen molar-refractivity contribution in [3.63, 3.8) is 0 Å². The van der Waals surface area contributed by atoms with E-state index in [0.29, 0.717) is 6.54 Å². The van der Waals surface area contributed by atoms with Gasteiger partial charge in [0, 0.05) is 33.4 Å². The van der Waals surface area contributed by atoms with Gasteiger partial charge in [-0.2, -0.15) is 0 Å². The van der Waals surface area contributed by atoms with Crippen LogP contribution in [0.2, 0.25) is 0 Å². The van der Waals surface area contributed by atoms with Crippen molar-refractivity contribution in [1.82, 2.24) is 14.3 Å². The van der Waals surface area contributed by atoms with E-state index in [4.69, 9.17) is 5.73 Å². The molecular formula is C13H17N5O2. The number of aromatic nitrogens is 3. The van der Waals surface area contributed by atoms with E-state index in [2.05, 4.69) is 5.10 Å². The first kappa shape index (κ1) is 14.0. The van der Waals surface area contributed by atoms with Crippen molar-refractivity contribution in [3.8, 4) is 0 Å². The molecule has 0 aliphatic rings. The normalized spacial score (nSPS) is 10.6. The summed E-state index contributed by atoms with van der Waals surface area (Å²) >= 11 is 0. The standard InChI is InChI=1S/C13H17N5O2/c1-16(10-6-4-9(8-14)5-7-10)11-12(19)17(2)13(20)18(3)15-11/h4-7H,8,14H2,1-3H3. The first-order chi connectivity index (χ1) is 9.45. The summed E-state index contributed by atoms with van der Waals surface area (Å²) in [6.45, 7) is 0.462. The molecule has 0 amide bonds. The van der Waals surface area contributed by atoms with Gasteiger partial charge in [0.05, 0.1) is 0 Å². The van der Waals surface area contributed by atoms with Crippen LogP contribution in [0.15, 0.2) is 33.9 Å². The minimum atomic E-state index is -0.453. The number of hydrogen-bond acceptors (Lipinski definition) is 5. The van der Waals surface area contributed by atoms with Crippen LogP contribution in [0.25, 0.3) is 0 Å². The quantitative estimate of drug-likeness (QED) is 0.831. The number of nitrogens with two attached hydrogens (primary N) is 1. The van der Waals surface area contributed by atoms with E-state index in [0.717, 1.165) is 20.5 Å². The molecule has 2 N–H and O–H groups in total. The zero-order valence-electron chi connectivity index (χ0n) is 11.7. The summed E-state index contributed by atoms with van der Waals surface area (Å²) in [7, 11) is 4.67. The lowest BCUT2D eigenvalue weighted by Gasteiger charge is -2.18. The summed E-state index contributed by atoms with van der Waals surface area (Å²) in [5.74, 6) is 0.190. The zero-order chi connectivity index (χ0) is 14.9. The maximum atomic E-state index is 12.1. The summed E-state index contributed by atoms with van der Waals surface area (Å²) in [4.78, 5) is 25.4. The van der Waals surface area contributed by atoms with E-state index in [1.807, 2.05) is 24.3 Å². The zero-order valence-corrected chi connectivity index (χ0v) is 11.7. The fourth-order valence-electron chi connectivity index (χ4n) is 1.87. The molecule has 0 saturated carbocycles. The van der Waals surface area contributed by atoms with E-state index >= 15 is 0 Å². The number of rotatable bonds is 3. The molecule has 0 saturated heterocycles. The summed E-state index contributed by atoms with van der Waals surface area (Å²) in [6.07, 6.45) is 0. The summed E-state index contributed by atoms with van der Waals surface area (Å²) in [6, 6.07) is 7.49. The van der Waals surface area contributed by atoms with Crippen molar-refractivity contribution in [2.24, 2.45) is 19.8 Å². The minimum absolute atomic E-state index is 0.190. The maximum Gasteiger partial charge on any atom is 0.346 e. The highest BCUT2D eigenvalue weighted by Gasteiger charge is 2.14. The number of benzene rings is 1. The predicted octanol–water partition coefficient (Wildman–Crippen LogP) is -0.294. The van der Waals surface area contributed by atoms with Gasteiger partial charge in [-0.05, 0) is 17.7 Å². The Balaban J connectivity index is 2.50. The molecule has 2 rings (SSSR count).